The van der Waals surface area contributed by atoms with Crippen LogP contribution >= 0.6 is 0 Å². The van der Waals surface area contributed by atoms with Gasteiger partial charge in [-0.15, -0.1) is 0 Å². The second kappa shape index (κ2) is 10.8. The predicted octanol–water partition coefficient (Wildman–Crippen LogP) is 5.93. The van der Waals surface area contributed by atoms with Gasteiger partial charge in [-0.3, -0.25) is 0 Å². The number of benzene rings is 3. The predicted molar refractivity (Wildman–Crippen MR) is 120 cm³/mol. The van der Waals surface area contributed by atoms with E-state index < -0.39 is 0 Å². The minimum atomic E-state index is -0.213. The van der Waals surface area contributed by atoms with Crippen LogP contribution in [0.1, 0.15) is 42.9 Å². The zero-order chi connectivity index (χ0) is 21.3. The molecule has 0 aliphatic rings. The monoisotopic (exact) mass is 407 g/mol. The van der Waals surface area contributed by atoms with Crippen LogP contribution in [0.3, 0.4) is 0 Å². The lowest BCUT2D eigenvalue weighted by atomic mass is 9.88. The van der Waals surface area contributed by atoms with Crippen molar-refractivity contribution in [1.29, 1.82) is 0 Å². The lowest BCUT2D eigenvalue weighted by Gasteiger charge is -2.19. The van der Waals surface area contributed by atoms with E-state index in [9.17, 15) is 4.39 Å². The molecule has 1 atom stereocenters. The molecule has 3 rings (SSSR count). The van der Waals surface area contributed by atoms with E-state index in [1.807, 2.05) is 50.2 Å². The lowest BCUT2D eigenvalue weighted by molar-refractivity contribution is 0.242. The molecule has 0 aliphatic heterocycles. The minimum Gasteiger partial charge on any atom is -0.497 e. The molecule has 3 nitrogen and oxygen atoms in total. The van der Waals surface area contributed by atoms with Crippen LogP contribution in [-0.4, -0.2) is 19.8 Å². The fourth-order valence-electron chi connectivity index (χ4n) is 3.49. The highest BCUT2D eigenvalue weighted by Crippen LogP contribution is 2.29. The summed E-state index contributed by atoms with van der Waals surface area (Å²) in [6.45, 7) is 5.69. The standard InChI is InChI=1S/C26H30FNO2/c1-19(2)30-25-12-4-20(5-13-25)18-28-17-16-26(21-6-10-23(27)11-7-21)22-8-14-24(29-3)15-9-22/h4-15,19,26,28H,16-18H2,1-3H3/t26-/m0/s1. The first-order valence-corrected chi connectivity index (χ1v) is 10.4. The molecular weight excluding hydrogens is 377 g/mol. The number of methoxy groups -OCH3 is 1. The van der Waals surface area contributed by atoms with Gasteiger partial charge in [0.15, 0.2) is 0 Å². The van der Waals surface area contributed by atoms with Crippen molar-refractivity contribution >= 4 is 0 Å². The van der Waals surface area contributed by atoms with Gasteiger partial charge >= 0.3 is 0 Å². The second-order valence-corrected chi connectivity index (χ2v) is 7.65. The average Bonchev–Trinajstić information content (AvgIpc) is 2.76. The molecule has 0 fully saturated rings. The van der Waals surface area contributed by atoms with Crippen molar-refractivity contribution in [3.8, 4) is 11.5 Å². The summed E-state index contributed by atoms with van der Waals surface area (Å²) >= 11 is 0. The average molecular weight is 408 g/mol. The van der Waals surface area contributed by atoms with Gasteiger partial charge in [-0.05, 0) is 79.9 Å². The Morgan fingerprint density at radius 3 is 1.93 bits per heavy atom. The van der Waals surface area contributed by atoms with Gasteiger partial charge in [0, 0.05) is 12.5 Å². The summed E-state index contributed by atoms with van der Waals surface area (Å²) in [5.74, 6) is 1.70. The highest BCUT2D eigenvalue weighted by atomic mass is 19.1. The molecule has 1 N–H and O–H groups in total. The molecular formula is C26H30FNO2. The topological polar surface area (TPSA) is 30.5 Å². The van der Waals surface area contributed by atoms with Crippen molar-refractivity contribution in [3.63, 3.8) is 0 Å². The molecule has 0 radical (unpaired) electrons. The van der Waals surface area contributed by atoms with Crippen LogP contribution in [0.15, 0.2) is 72.8 Å². The van der Waals surface area contributed by atoms with E-state index in [4.69, 9.17) is 9.47 Å². The first-order chi connectivity index (χ1) is 14.5. The Labute approximate surface area is 178 Å². The van der Waals surface area contributed by atoms with E-state index in [1.54, 1.807) is 7.11 Å². The Morgan fingerprint density at radius 2 is 1.37 bits per heavy atom. The van der Waals surface area contributed by atoms with Crippen molar-refractivity contribution in [2.45, 2.75) is 38.8 Å². The maximum absolute atomic E-state index is 13.4. The van der Waals surface area contributed by atoms with Crippen LogP contribution in [-0.2, 0) is 6.54 Å². The molecule has 0 saturated heterocycles. The summed E-state index contributed by atoms with van der Waals surface area (Å²) in [6.07, 6.45) is 1.09. The Morgan fingerprint density at radius 1 is 0.800 bits per heavy atom. The summed E-state index contributed by atoms with van der Waals surface area (Å²) < 4.78 is 24.4. The van der Waals surface area contributed by atoms with Gasteiger partial charge < -0.3 is 14.8 Å². The van der Waals surface area contributed by atoms with E-state index in [0.29, 0.717) is 0 Å². The third-order valence-electron chi connectivity index (χ3n) is 5.02. The molecule has 30 heavy (non-hydrogen) atoms. The van der Waals surface area contributed by atoms with Crippen molar-refractivity contribution in [1.82, 2.24) is 5.32 Å². The molecule has 3 aromatic rings. The van der Waals surface area contributed by atoms with Crippen LogP contribution in [0.25, 0.3) is 0 Å². The highest BCUT2D eigenvalue weighted by Gasteiger charge is 2.14. The van der Waals surface area contributed by atoms with Crippen LogP contribution in [0.5, 0.6) is 11.5 Å². The van der Waals surface area contributed by atoms with E-state index >= 15 is 0 Å². The maximum atomic E-state index is 13.4. The molecule has 0 bridgehead atoms. The van der Waals surface area contributed by atoms with Crippen LogP contribution in [0.4, 0.5) is 4.39 Å². The number of ether oxygens (including phenoxy) is 2. The van der Waals surface area contributed by atoms with Gasteiger partial charge in [0.1, 0.15) is 17.3 Å². The van der Waals surface area contributed by atoms with Crippen LogP contribution in [0, 0.1) is 5.82 Å². The Bertz CT molecular complexity index is 890. The molecule has 158 valence electrons. The third kappa shape index (κ3) is 6.33. The fraction of sp³-hybridized carbons (Fsp3) is 0.308. The van der Waals surface area contributed by atoms with Gasteiger partial charge in [-0.25, -0.2) is 4.39 Å². The van der Waals surface area contributed by atoms with Gasteiger partial charge in [-0.1, -0.05) is 36.4 Å². The van der Waals surface area contributed by atoms with Gasteiger partial charge in [-0.2, -0.15) is 0 Å². The highest BCUT2D eigenvalue weighted by molar-refractivity contribution is 5.36. The van der Waals surface area contributed by atoms with Gasteiger partial charge in [0.25, 0.3) is 0 Å². The molecule has 0 spiro atoms. The number of nitrogens with one attached hydrogen (secondary N) is 1. The zero-order valence-electron chi connectivity index (χ0n) is 17.9. The molecule has 0 amide bonds. The van der Waals surface area contributed by atoms with Crippen LogP contribution in [0.2, 0.25) is 0 Å². The number of rotatable bonds is 10. The van der Waals surface area contributed by atoms with Gasteiger partial charge in [0.05, 0.1) is 13.2 Å². The Balaban J connectivity index is 1.61. The molecule has 0 unspecified atom stereocenters. The minimum absolute atomic E-state index is 0.176. The number of hydrogen-bond acceptors (Lipinski definition) is 3. The Hall–Kier alpha value is -2.85. The molecule has 0 saturated carbocycles. The zero-order valence-corrected chi connectivity index (χ0v) is 17.9. The maximum Gasteiger partial charge on any atom is 0.123 e. The molecule has 0 heterocycles. The fourth-order valence-corrected chi connectivity index (χ4v) is 3.49. The SMILES string of the molecule is COc1ccc([C@@H](CCNCc2ccc(OC(C)C)cc2)c2ccc(F)cc2)cc1. The summed E-state index contributed by atoms with van der Waals surface area (Å²) in [5.41, 5.74) is 3.52. The lowest BCUT2D eigenvalue weighted by Crippen LogP contribution is -2.18. The molecule has 4 heteroatoms. The van der Waals surface area contributed by atoms with Crippen molar-refractivity contribution < 1.29 is 13.9 Å². The van der Waals surface area contributed by atoms with Gasteiger partial charge in [0.2, 0.25) is 0 Å². The third-order valence-corrected chi connectivity index (χ3v) is 5.02. The van der Waals surface area contributed by atoms with E-state index in [-0.39, 0.29) is 17.8 Å². The summed E-state index contributed by atoms with van der Waals surface area (Å²) in [4.78, 5) is 0. The second-order valence-electron chi connectivity index (χ2n) is 7.65. The normalized spacial score (nSPS) is 12.0. The van der Waals surface area contributed by atoms with E-state index in [2.05, 4.69) is 29.6 Å². The Kier molecular flexibility index (Phi) is 7.86. The van der Waals surface area contributed by atoms with Crippen molar-refractivity contribution in [3.05, 3.63) is 95.3 Å². The smallest absolute Gasteiger partial charge is 0.123 e. The first kappa shape index (κ1) is 21.8. The molecule has 0 aromatic heterocycles. The van der Waals surface area contributed by atoms with E-state index in [1.165, 1.54) is 23.3 Å². The van der Waals surface area contributed by atoms with Crippen molar-refractivity contribution in [2.75, 3.05) is 13.7 Å². The quantitative estimate of drug-likeness (QED) is 0.422. The molecule has 3 aromatic carbocycles. The molecule has 0 aliphatic carbocycles. The summed E-state index contributed by atoms with van der Waals surface area (Å²) in [6, 6.07) is 23.1. The van der Waals surface area contributed by atoms with E-state index in [0.717, 1.165) is 36.6 Å². The first-order valence-electron chi connectivity index (χ1n) is 10.4. The number of halogens is 1. The van der Waals surface area contributed by atoms with Crippen LogP contribution < -0.4 is 14.8 Å². The summed E-state index contributed by atoms with van der Waals surface area (Å²) in [5, 5.41) is 3.53. The van der Waals surface area contributed by atoms with Crippen molar-refractivity contribution in [2.24, 2.45) is 0 Å². The summed E-state index contributed by atoms with van der Waals surface area (Å²) in [7, 11) is 1.66. The number of hydrogen-bond donors (Lipinski definition) is 1. The largest absolute Gasteiger partial charge is 0.497 e.